The lowest BCUT2D eigenvalue weighted by atomic mass is 10.1. The summed E-state index contributed by atoms with van der Waals surface area (Å²) < 4.78 is 18.3. The topological polar surface area (TPSA) is 113 Å². The average Bonchev–Trinajstić information content (AvgIpc) is 3.26. The summed E-state index contributed by atoms with van der Waals surface area (Å²) in [5, 5.41) is 15.5. The number of carbonyl (C=O) groups is 2. The predicted molar refractivity (Wildman–Crippen MR) is 95.5 cm³/mol. The maximum atomic E-state index is 13.4. The number of halogens is 1. The number of aryl methyl sites for hydroxylation is 2. The van der Waals surface area contributed by atoms with Crippen LogP contribution in [0.2, 0.25) is 0 Å². The monoisotopic (exact) mass is 371 g/mol. The highest BCUT2D eigenvalue weighted by atomic mass is 19.1. The number of aromatic amines is 1. The van der Waals surface area contributed by atoms with Gasteiger partial charge in [0.2, 0.25) is 5.91 Å². The van der Waals surface area contributed by atoms with Crippen LogP contribution in [0.4, 0.5) is 10.2 Å². The minimum Gasteiger partial charge on any atom is -0.360 e. The van der Waals surface area contributed by atoms with Crippen molar-refractivity contribution in [1.29, 1.82) is 0 Å². The van der Waals surface area contributed by atoms with Crippen LogP contribution in [0.1, 0.15) is 28.7 Å². The van der Waals surface area contributed by atoms with E-state index in [9.17, 15) is 14.0 Å². The molecule has 0 spiro atoms. The molecule has 0 unspecified atom stereocenters. The number of benzene rings is 1. The largest absolute Gasteiger partial charge is 0.360 e. The van der Waals surface area contributed by atoms with Gasteiger partial charge in [0.05, 0.1) is 5.69 Å². The Balaban J connectivity index is 1.64. The van der Waals surface area contributed by atoms with Crippen molar-refractivity contribution in [1.82, 2.24) is 20.7 Å². The number of hydrogen-bond acceptors (Lipinski definition) is 5. The molecule has 1 aromatic carbocycles. The van der Waals surface area contributed by atoms with Crippen molar-refractivity contribution < 1.29 is 18.5 Å². The first-order valence-electron chi connectivity index (χ1n) is 8.20. The third-order valence-electron chi connectivity index (χ3n) is 3.90. The molecule has 0 fully saturated rings. The van der Waals surface area contributed by atoms with Crippen molar-refractivity contribution in [3.8, 4) is 11.3 Å². The third kappa shape index (κ3) is 4.20. The van der Waals surface area contributed by atoms with Gasteiger partial charge in [-0.25, -0.2) is 4.39 Å². The van der Waals surface area contributed by atoms with Crippen LogP contribution in [0.25, 0.3) is 11.3 Å². The Labute approximate surface area is 154 Å². The molecule has 0 bridgehead atoms. The highest BCUT2D eigenvalue weighted by Crippen LogP contribution is 2.20. The Kier molecular flexibility index (Phi) is 5.02. The molecule has 3 rings (SSSR count). The van der Waals surface area contributed by atoms with Gasteiger partial charge >= 0.3 is 0 Å². The van der Waals surface area contributed by atoms with Crippen LogP contribution >= 0.6 is 0 Å². The van der Waals surface area contributed by atoms with Crippen LogP contribution in [0.3, 0.4) is 0 Å². The van der Waals surface area contributed by atoms with Crippen molar-refractivity contribution in [3.05, 3.63) is 53.2 Å². The molecule has 0 saturated heterocycles. The van der Waals surface area contributed by atoms with Crippen LogP contribution in [-0.2, 0) is 4.79 Å². The molecule has 8 nitrogen and oxygen atoms in total. The Morgan fingerprint density at radius 3 is 2.67 bits per heavy atom. The fourth-order valence-electron chi connectivity index (χ4n) is 2.39. The van der Waals surface area contributed by atoms with Crippen molar-refractivity contribution >= 4 is 17.6 Å². The zero-order chi connectivity index (χ0) is 19.6. The number of nitrogens with zero attached hydrogens (tertiary/aromatic N) is 2. The molecule has 3 N–H and O–H groups in total. The van der Waals surface area contributed by atoms with E-state index in [0.717, 1.165) is 0 Å². The molecule has 2 aromatic heterocycles. The van der Waals surface area contributed by atoms with Gasteiger partial charge in [-0.15, -0.1) is 0 Å². The van der Waals surface area contributed by atoms with Gasteiger partial charge in [0, 0.05) is 11.6 Å². The first-order chi connectivity index (χ1) is 12.8. The Bertz CT molecular complexity index is 995. The number of H-pyrrole nitrogens is 1. The molecular formula is C18H18FN5O3. The second kappa shape index (κ2) is 7.40. The Hall–Kier alpha value is -3.49. The number of nitrogens with one attached hydrogen (secondary N) is 3. The van der Waals surface area contributed by atoms with Gasteiger partial charge in [-0.2, -0.15) is 5.10 Å². The maximum Gasteiger partial charge on any atom is 0.269 e. The molecule has 3 aromatic rings. The predicted octanol–water partition coefficient (Wildman–Crippen LogP) is 2.58. The summed E-state index contributed by atoms with van der Waals surface area (Å²) in [6, 6.07) is 6.86. The van der Waals surface area contributed by atoms with E-state index in [4.69, 9.17) is 4.52 Å². The molecule has 0 radical (unpaired) electrons. The van der Waals surface area contributed by atoms with Crippen molar-refractivity contribution in [3.63, 3.8) is 0 Å². The van der Waals surface area contributed by atoms with E-state index in [1.54, 1.807) is 39.0 Å². The van der Waals surface area contributed by atoms with E-state index in [1.807, 2.05) is 0 Å². The van der Waals surface area contributed by atoms with Gasteiger partial charge in [-0.3, -0.25) is 14.7 Å². The number of carbonyl (C=O) groups excluding carboxylic acids is 2. The van der Waals surface area contributed by atoms with Gasteiger partial charge in [0.25, 0.3) is 5.91 Å². The number of hydrogen-bond donors (Lipinski definition) is 3. The normalized spacial score (nSPS) is 11.9. The lowest BCUT2D eigenvalue weighted by Gasteiger charge is -2.11. The van der Waals surface area contributed by atoms with Crippen LogP contribution in [-0.4, -0.2) is 33.2 Å². The summed E-state index contributed by atoms with van der Waals surface area (Å²) in [7, 11) is 0. The van der Waals surface area contributed by atoms with Crippen LogP contribution in [0, 0.1) is 19.7 Å². The molecule has 0 saturated carbocycles. The maximum absolute atomic E-state index is 13.4. The highest BCUT2D eigenvalue weighted by molar-refractivity contribution is 6.00. The number of aromatic nitrogens is 3. The van der Waals surface area contributed by atoms with E-state index in [-0.39, 0.29) is 17.3 Å². The Morgan fingerprint density at radius 1 is 1.22 bits per heavy atom. The molecule has 1 atom stereocenters. The summed E-state index contributed by atoms with van der Waals surface area (Å²) in [5.41, 5.74) is 1.84. The van der Waals surface area contributed by atoms with Gasteiger partial charge in [0.15, 0.2) is 5.82 Å². The van der Waals surface area contributed by atoms with Crippen molar-refractivity contribution in [2.75, 3.05) is 5.32 Å². The number of anilines is 1. The standard InChI is InChI=1S/C18H18FN5O3/c1-9-6-12(4-5-13(9)19)14-8-15(23-22-14)18(26)20-11(3)17(25)21-16-7-10(2)27-24-16/h4-8,11H,1-3H3,(H,20,26)(H,22,23)(H,21,24,25)/t11-/m0/s1. The molecule has 140 valence electrons. The lowest BCUT2D eigenvalue weighted by Crippen LogP contribution is -2.41. The third-order valence-corrected chi connectivity index (χ3v) is 3.90. The van der Waals surface area contributed by atoms with E-state index >= 15 is 0 Å². The molecule has 9 heteroatoms. The number of amides is 2. The minimum atomic E-state index is -0.811. The smallest absolute Gasteiger partial charge is 0.269 e. The van der Waals surface area contributed by atoms with E-state index in [1.165, 1.54) is 12.1 Å². The molecule has 0 aliphatic rings. The van der Waals surface area contributed by atoms with Crippen LogP contribution < -0.4 is 10.6 Å². The summed E-state index contributed by atoms with van der Waals surface area (Å²) in [6.45, 7) is 4.89. The van der Waals surface area contributed by atoms with Gasteiger partial charge in [0.1, 0.15) is 23.3 Å². The molecular weight excluding hydrogens is 353 g/mol. The molecule has 0 aliphatic carbocycles. The zero-order valence-corrected chi connectivity index (χ0v) is 15.0. The van der Waals surface area contributed by atoms with E-state index < -0.39 is 17.9 Å². The minimum absolute atomic E-state index is 0.184. The fraction of sp³-hybridized carbons (Fsp3) is 0.222. The van der Waals surface area contributed by atoms with E-state index in [2.05, 4.69) is 26.0 Å². The van der Waals surface area contributed by atoms with Crippen LogP contribution in [0.15, 0.2) is 34.9 Å². The molecule has 0 aliphatic heterocycles. The first-order valence-corrected chi connectivity index (χ1v) is 8.20. The van der Waals surface area contributed by atoms with Crippen molar-refractivity contribution in [2.24, 2.45) is 0 Å². The summed E-state index contributed by atoms with van der Waals surface area (Å²) in [5.74, 6) is -0.413. The van der Waals surface area contributed by atoms with Crippen molar-refractivity contribution in [2.45, 2.75) is 26.8 Å². The number of rotatable bonds is 5. The van der Waals surface area contributed by atoms with Crippen LogP contribution in [0.5, 0.6) is 0 Å². The van der Waals surface area contributed by atoms with Gasteiger partial charge in [-0.1, -0.05) is 5.16 Å². The first kappa shape index (κ1) is 18.3. The summed E-state index contributed by atoms with van der Waals surface area (Å²) in [6.07, 6.45) is 0. The quantitative estimate of drug-likeness (QED) is 0.638. The van der Waals surface area contributed by atoms with Gasteiger partial charge in [-0.05, 0) is 50.6 Å². The van der Waals surface area contributed by atoms with Gasteiger partial charge < -0.3 is 15.2 Å². The van der Waals surface area contributed by atoms with E-state index in [0.29, 0.717) is 22.6 Å². The molecule has 2 heterocycles. The summed E-state index contributed by atoms with van der Waals surface area (Å²) in [4.78, 5) is 24.4. The molecule has 27 heavy (non-hydrogen) atoms. The zero-order valence-electron chi connectivity index (χ0n) is 15.0. The second-order valence-corrected chi connectivity index (χ2v) is 6.14. The summed E-state index contributed by atoms with van der Waals surface area (Å²) >= 11 is 0. The highest BCUT2D eigenvalue weighted by Gasteiger charge is 2.19. The Morgan fingerprint density at radius 2 is 2.00 bits per heavy atom. The second-order valence-electron chi connectivity index (χ2n) is 6.14. The average molecular weight is 371 g/mol. The molecule has 2 amide bonds. The fourth-order valence-corrected chi connectivity index (χ4v) is 2.39. The lowest BCUT2D eigenvalue weighted by molar-refractivity contribution is -0.117. The SMILES string of the molecule is Cc1cc(NC(=O)[C@H](C)NC(=O)c2cc(-c3ccc(F)c(C)c3)n[nH]2)no1.